The van der Waals surface area contributed by atoms with Gasteiger partial charge < -0.3 is 10.2 Å². The molecule has 1 aromatic carbocycles. The summed E-state index contributed by atoms with van der Waals surface area (Å²) < 4.78 is 51.7. The first-order valence-corrected chi connectivity index (χ1v) is 7.34. The van der Waals surface area contributed by atoms with E-state index < -0.39 is 45.3 Å². The van der Waals surface area contributed by atoms with Gasteiger partial charge in [0.25, 0.3) is 0 Å². The van der Waals surface area contributed by atoms with Crippen molar-refractivity contribution in [2.45, 2.75) is 17.4 Å². The van der Waals surface area contributed by atoms with Crippen LogP contribution in [0.5, 0.6) is 0 Å². The van der Waals surface area contributed by atoms with Gasteiger partial charge in [-0.2, -0.15) is 0 Å². The Bertz CT molecular complexity index is 554. The van der Waals surface area contributed by atoms with Gasteiger partial charge in [0.2, 0.25) is 10.0 Å². The number of nitrogens with one attached hydrogen (secondary N) is 1. The average Bonchev–Trinajstić information content (AvgIpc) is 2.25. The predicted molar refractivity (Wildman–Crippen MR) is 67.0 cm³/mol. The van der Waals surface area contributed by atoms with Gasteiger partial charge in [-0.3, -0.25) is 0 Å². The molecule has 0 amide bonds. The molecule has 1 rings (SSSR count). The lowest BCUT2D eigenvalue weighted by Gasteiger charge is -2.20. The van der Waals surface area contributed by atoms with E-state index in [0.29, 0.717) is 6.07 Å². The van der Waals surface area contributed by atoms with Gasteiger partial charge in [-0.05, 0) is 28.9 Å². The van der Waals surface area contributed by atoms with Crippen molar-refractivity contribution in [3.05, 3.63) is 28.2 Å². The second-order valence-electron chi connectivity index (χ2n) is 4.18. The van der Waals surface area contributed by atoms with Crippen molar-refractivity contribution in [2.24, 2.45) is 0 Å². The van der Waals surface area contributed by atoms with Crippen molar-refractivity contribution in [3.8, 4) is 0 Å². The van der Waals surface area contributed by atoms with Crippen molar-refractivity contribution in [2.75, 3.05) is 13.2 Å². The number of rotatable bonds is 5. The normalized spacial score (nSPS) is 15.3. The Hall–Kier alpha value is -0.610. The molecule has 0 aliphatic carbocycles. The fraction of sp³-hybridized carbons (Fsp3) is 0.400. The van der Waals surface area contributed by atoms with E-state index >= 15 is 0 Å². The van der Waals surface area contributed by atoms with Crippen LogP contribution in [0.4, 0.5) is 8.78 Å². The maximum absolute atomic E-state index is 13.5. The molecule has 1 atom stereocenters. The molecule has 1 unspecified atom stereocenters. The maximum atomic E-state index is 13.5. The molecule has 0 aromatic heterocycles. The molecule has 0 aliphatic rings. The van der Waals surface area contributed by atoms with Gasteiger partial charge >= 0.3 is 0 Å². The van der Waals surface area contributed by atoms with E-state index in [1.54, 1.807) is 0 Å². The van der Waals surface area contributed by atoms with Gasteiger partial charge in [0.1, 0.15) is 16.5 Å². The van der Waals surface area contributed by atoms with Crippen molar-refractivity contribution in [1.82, 2.24) is 4.72 Å². The molecule has 0 fully saturated rings. The smallest absolute Gasteiger partial charge is 0.244 e. The fourth-order valence-corrected chi connectivity index (χ4v) is 3.49. The highest BCUT2D eigenvalue weighted by molar-refractivity contribution is 9.10. The SMILES string of the molecule is CC(O)(CO)CNS(=O)(=O)c1c(F)cc(F)cc1Br. The summed E-state index contributed by atoms with van der Waals surface area (Å²) in [5, 5.41) is 18.3. The van der Waals surface area contributed by atoms with Gasteiger partial charge in [0, 0.05) is 17.1 Å². The Kier molecular flexibility index (Phi) is 5.02. The molecule has 0 radical (unpaired) electrons. The van der Waals surface area contributed by atoms with E-state index in [-0.39, 0.29) is 4.47 Å². The van der Waals surface area contributed by atoms with E-state index in [9.17, 15) is 22.3 Å². The van der Waals surface area contributed by atoms with Crippen LogP contribution in [0.25, 0.3) is 0 Å². The lowest BCUT2D eigenvalue weighted by molar-refractivity contribution is 0.00680. The minimum Gasteiger partial charge on any atom is -0.393 e. The molecule has 0 saturated heterocycles. The predicted octanol–water partition coefficient (Wildman–Crippen LogP) is 0.749. The highest BCUT2D eigenvalue weighted by atomic mass is 79.9. The van der Waals surface area contributed by atoms with Crippen LogP contribution in [0.1, 0.15) is 6.92 Å². The quantitative estimate of drug-likeness (QED) is 0.723. The second-order valence-corrected chi connectivity index (χ2v) is 6.74. The van der Waals surface area contributed by atoms with Crippen LogP contribution in [0, 0.1) is 11.6 Å². The molecular weight excluding hydrogens is 348 g/mol. The largest absolute Gasteiger partial charge is 0.393 e. The molecule has 0 spiro atoms. The van der Waals surface area contributed by atoms with Crippen LogP contribution in [0.15, 0.2) is 21.5 Å². The van der Waals surface area contributed by atoms with Crippen LogP contribution in [-0.4, -0.2) is 37.4 Å². The summed E-state index contributed by atoms with van der Waals surface area (Å²) in [7, 11) is -4.29. The summed E-state index contributed by atoms with van der Waals surface area (Å²) in [5.41, 5.74) is -1.68. The number of hydrogen-bond donors (Lipinski definition) is 3. The van der Waals surface area contributed by atoms with Gasteiger partial charge in [0.15, 0.2) is 0 Å². The van der Waals surface area contributed by atoms with Crippen LogP contribution in [-0.2, 0) is 10.0 Å². The molecule has 0 saturated carbocycles. The Labute approximate surface area is 117 Å². The van der Waals surface area contributed by atoms with Gasteiger partial charge in [0.05, 0.1) is 12.2 Å². The molecule has 1 aromatic rings. The minimum absolute atomic E-state index is 0.277. The van der Waals surface area contributed by atoms with E-state index in [4.69, 9.17) is 5.11 Å². The molecule has 19 heavy (non-hydrogen) atoms. The average molecular weight is 360 g/mol. The van der Waals surface area contributed by atoms with Crippen molar-refractivity contribution in [3.63, 3.8) is 0 Å². The highest BCUT2D eigenvalue weighted by Crippen LogP contribution is 2.26. The van der Waals surface area contributed by atoms with E-state index in [2.05, 4.69) is 15.9 Å². The second kappa shape index (κ2) is 5.80. The zero-order chi connectivity index (χ0) is 14.8. The first kappa shape index (κ1) is 16.4. The van der Waals surface area contributed by atoms with Crippen molar-refractivity contribution < 1.29 is 27.4 Å². The molecule has 3 N–H and O–H groups in total. The summed E-state index contributed by atoms with van der Waals surface area (Å²) in [6.45, 7) is 0.00324. The number of aliphatic hydroxyl groups is 2. The summed E-state index contributed by atoms with van der Waals surface area (Å²) in [6, 6.07) is 1.24. The lowest BCUT2D eigenvalue weighted by Crippen LogP contribution is -2.43. The number of sulfonamides is 1. The standard InChI is InChI=1S/C10H12BrF2NO4S/c1-10(16,5-15)4-14-19(17,18)9-7(11)2-6(12)3-8(9)13/h2-3,14-16H,4-5H2,1H3. The van der Waals surface area contributed by atoms with E-state index in [1.165, 1.54) is 6.92 Å². The third-order valence-electron chi connectivity index (χ3n) is 2.22. The summed E-state index contributed by atoms with van der Waals surface area (Å²) in [6.07, 6.45) is 0. The van der Waals surface area contributed by atoms with Crippen LogP contribution in [0.2, 0.25) is 0 Å². The van der Waals surface area contributed by atoms with Gasteiger partial charge in [-0.15, -0.1) is 0 Å². The molecule has 9 heteroatoms. The van der Waals surface area contributed by atoms with E-state index in [0.717, 1.165) is 6.07 Å². The molecule has 0 aliphatic heterocycles. The van der Waals surface area contributed by atoms with Crippen LogP contribution in [0.3, 0.4) is 0 Å². The molecule has 5 nitrogen and oxygen atoms in total. The molecule has 108 valence electrons. The summed E-state index contributed by atoms with van der Waals surface area (Å²) in [4.78, 5) is -0.761. The topological polar surface area (TPSA) is 86.6 Å². The van der Waals surface area contributed by atoms with E-state index in [1.807, 2.05) is 4.72 Å². The Morgan fingerprint density at radius 3 is 2.47 bits per heavy atom. The Balaban J connectivity index is 3.09. The third-order valence-corrected chi connectivity index (χ3v) is 4.58. The molecule has 0 heterocycles. The summed E-state index contributed by atoms with van der Waals surface area (Å²) >= 11 is 2.76. The number of aliphatic hydroxyl groups excluding tert-OH is 1. The number of hydrogen-bond acceptors (Lipinski definition) is 4. The minimum atomic E-state index is -4.29. The third kappa shape index (κ3) is 4.18. The Morgan fingerprint density at radius 2 is 2.00 bits per heavy atom. The lowest BCUT2D eigenvalue weighted by atomic mass is 10.1. The van der Waals surface area contributed by atoms with Crippen LogP contribution < -0.4 is 4.72 Å². The van der Waals surface area contributed by atoms with Gasteiger partial charge in [-0.1, -0.05) is 0 Å². The maximum Gasteiger partial charge on any atom is 0.244 e. The van der Waals surface area contributed by atoms with Crippen molar-refractivity contribution >= 4 is 26.0 Å². The fourth-order valence-electron chi connectivity index (χ4n) is 1.16. The Morgan fingerprint density at radius 1 is 1.42 bits per heavy atom. The zero-order valence-corrected chi connectivity index (χ0v) is 12.2. The van der Waals surface area contributed by atoms with Crippen LogP contribution >= 0.6 is 15.9 Å². The highest BCUT2D eigenvalue weighted by Gasteiger charge is 2.27. The summed E-state index contributed by atoms with van der Waals surface area (Å²) in [5.74, 6) is -2.19. The van der Waals surface area contributed by atoms with Gasteiger partial charge in [-0.25, -0.2) is 21.9 Å². The molecular formula is C10H12BrF2NO4S. The number of halogens is 3. The monoisotopic (exact) mass is 359 g/mol. The zero-order valence-electron chi connectivity index (χ0n) is 9.82. The van der Waals surface area contributed by atoms with Crippen molar-refractivity contribution in [1.29, 1.82) is 0 Å². The number of benzene rings is 1. The molecule has 0 bridgehead atoms. The first-order valence-electron chi connectivity index (χ1n) is 5.06. The first-order chi connectivity index (χ1) is 8.59.